The van der Waals surface area contributed by atoms with E-state index in [-0.39, 0.29) is 5.25 Å². The monoisotopic (exact) mass is 311 g/mol. The summed E-state index contributed by atoms with van der Waals surface area (Å²) in [5, 5.41) is 4.06. The molecule has 1 saturated carbocycles. The van der Waals surface area contributed by atoms with Crippen molar-refractivity contribution < 1.29 is 12.9 Å². The molecule has 116 valence electrons. The van der Waals surface area contributed by atoms with Gasteiger partial charge in [0, 0.05) is 31.6 Å². The third kappa shape index (κ3) is 2.51. The highest BCUT2D eigenvalue weighted by molar-refractivity contribution is 7.90. The molecule has 1 aromatic heterocycles. The normalized spacial score (nSPS) is 24.4. The van der Waals surface area contributed by atoms with Gasteiger partial charge in [-0.2, -0.15) is 4.31 Å². The molecule has 21 heavy (non-hydrogen) atoms. The zero-order valence-electron chi connectivity index (χ0n) is 12.1. The lowest BCUT2D eigenvalue weighted by Crippen LogP contribution is -2.38. The first-order valence-corrected chi connectivity index (χ1v) is 9.32. The van der Waals surface area contributed by atoms with Crippen molar-refractivity contribution in [1.29, 1.82) is 0 Å². The zero-order chi connectivity index (χ0) is 14.4. The minimum atomic E-state index is -3.10. The summed E-state index contributed by atoms with van der Waals surface area (Å²) in [6, 6.07) is 0. The molecule has 0 amide bonds. The van der Waals surface area contributed by atoms with Crippen LogP contribution in [-0.4, -0.2) is 47.7 Å². The molecule has 0 radical (unpaired) electrons. The van der Waals surface area contributed by atoms with Gasteiger partial charge in [-0.3, -0.25) is 4.90 Å². The molecule has 0 bridgehead atoms. The molecule has 0 N–H and O–H groups in total. The minimum Gasteiger partial charge on any atom is -0.361 e. The van der Waals surface area contributed by atoms with E-state index in [0.717, 1.165) is 49.5 Å². The van der Waals surface area contributed by atoms with E-state index in [1.807, 2.05) is 0 Å². The standard InChI is InChI=1S/C14H21N3O3S/c18-21(19,11-3-4-11)17-8-5-14-12(9-17)13(15-20-14)10-16-6-1-2-7-16/h11H,1-10H2. The van der Waals surface area contributed by atoms with Crippen molar-refractivity contribution in [2.75, 3.05) is 19.6 Å². The Balaban J connectivity index is 1.54. The van der Waals surface area contributed by atoms with Crippen LogP contribution in [0.2, 0.25) is 0 Å². The summed E-state index contributed by atoms with van der Waals surface area (Å²) in [6.07, 6.45) is 4.75. The second-order valence-electron chi connectivity index (χ2n) is 6.34. The fraction of sp³-hybridized carbons (Fsp3) is 0.786. The van der Waals surface area contributed by atoms with Crippen molar-refractivity contribution in [3.8, 4) is 0 Å². The molecule has 1 aromatic rings. The van der Waals surface area contributed by atoms with Crippen molar-refractivity contribution in [2.45, 2.75) is 50.4 Å². The first-order chi connectivity index (χ1) is 10.1. The molecule has 4 rings (SSSR count). The van der Waals surface area contributed by atoms with Crippen LogP contribution in [0.5, 0.6) is 0 Å². The quantitative estimate of drug-likeness (QED) is 0.833. The van der Waals surface area contributed by atoms with E-state index in [1.165, 1.54) is 12.8 Å². The van der Waals surface area contributed by atoms with Gasteiger partial charge in [-0.15, -0.1) is 0 Å². The van der Waals surface area contributed by atoms with E-state index in [4.69, 9.17) is 4.52 Å². The highest BCUT2D eigenvalue weighted by atomic mass is 32.2. The van der Waals surface area contributed by atoms with E-state index in [2.05, 4.69) is 10.1 Å². The molecular formula is C14H21N3O3S. The second-order valence-corrected chi connectivity index (χ2v) is 8.56. The van der Waals surface area contributed by atoms with Gasteiger partial charge in [-0.05, 0) is 38.8 Å². The molecule has 1 saturated heterocycles. The Hall–Kier alpha value is -0.920. The number of likely N-dealkylation sites (tertiary alicyclic amines) is 1. The van der Waals surface area contributed by atoms with Gasteiger partial charge < -0.3 is 4.52 Å². The van der Waals surface area contributed by atoms with E-state index in [0.29, 0.717) is 19.5 Å². The molecule has 0 unspecified atom stereocenters. The predicted molar refractivity (Wildman–Crippen MR) is 77.1 cm³/mol. The number of aromatic nitrogens is 1. The summed E-state index contributed by atoms with van der Waals surface area (Å²) in [7, 11) is -3.10. The van der Waals surface area contributed by atoms with Crippen molar-refractivity contribution in [3.63, 3.8) is 0 Å². The number of sulfonamides is 1. The summed E-state index contributed by atoms with van der Waals surface area (Å²) in [4.78, 5) is 2.37. The largest absolute Gasteiger partial charge is 0.361 e. The molecule has 2 aliphatic heterocycles. The summed E-state index contributed by atoms with van der Waals surface area (Å²) >= 11 is 0. The van der Waals surface area contributed by atoms with Crippen LogP contribution in [0.4, 0.5) is 0 Å². The van der Waals surface area contributed by atoms with Crippen LogP contribution in [-0.2, 0) is 29.5 Å². The van der Waals surface area contributed by atoms with Crippen LogP contribution in [0.1, 0.15) is 42.7 Å². The SMILES string of the molecule is O=S(=O)(C1CC1)N1CCc2onc(CN3CCCC3)c2C1. The van der Waals surface area contributed by atoms with Gasteiger partial charge in [0.15, 0.2) is 0 Å². The number of fused-ring (bicyclic) bond motifs is 1. The van der Waals surface area contributed by atoms with Crippen molar-refractivity contribution in [3.05, 3.63) is 17.0 Å². The van der Waals surface area contributed by atoms with Gasteiger partial charge in [-0.25, -0.2) is 8.42 Å². The van der Waals surface area contributed by atoms with Gasteiger partial charge in [0.25, 0.3) is 0 Å². The molecule has 0 atom stereocenters. The molecule has 3 heterocycles. The van der Waals surface area contributed by atoms with Crippen molar-refractivity contribution in [2.24, 2.45) is 0 Å². The molecule has 0 aromatic carbocycles. The van der Waals surface area contributed by atoms with E-state index >= 15 is 0 Å². The van der Waals surface area contributed by atoms with E-state index in [1.54, 1.807) is 4.31 Å². The fourth-order valence-electron chi connectivity index (χ4n) is 3.31. The Morgan fingerprint density at radius 3 is 2.67 bits per heavy atom. The molecule has 7 heteroatoms. The maximum absolute atomic E-state index is 12.4. The van der Waals surface area contributed by atoms with Crippen LogP contribution in [0.3, 0.4) is 0 Å². The maximum Gasteiger partial charge on any atom is 0.217 e. The molecular weight excluding hydrogens is 290 g/mol. The Kier molecular flexibility index (Phi) is 3.31. The van der Waals surface area contributed by atoms with Gasteiger partial charge in [0.05, 0.1) is 5.25 Å². The zero-order valence-corrected chi connectivity index (χ0v) is 12.9. The van der Waals surface area contributed by atoms with Crippen LogP contribution in [0.15, 0.2) is 4.52 Å². The molecule has 6 nitrogen and oxygen atoms in total. The van der Waals surface area contributed by atoms with Crippen LogP contribution >= 0.6 is 0 Å². The van der Waals surface area contributed by atoms with E-state index in [9.17, 15) is 8.42 Å². The summed E-state index contributed by atoms with van der Waals surface area (Å²) < 4.78 is 31.9. The third-order valence-corrected chi connectivity index (χ3v) is 7.10. The number of nitrogens with zero attached hydrogens (tertiary/aromatic N) is 3. The highest BCUT2D eigenvalue weighted by Gasteiger charge is 2.42. The van der Waals surface area contributed by atoms with Crippen LogP contribution < -0.4 is 0 Å². The second kappa shape index (κ2) is 5.07. The first kappa shape index (κ1) is 13.7. The summed E-state index contributed by atoms with van der Waals surface area (Å²) in [5.41, 5.74) is 1.94. The average molecular weight is 311 g/mol. The lowest BCUT2D eigenvalue weighted by molar-refractivity contribution is 0.309. The first-order valence-electron chi connectivity index (χ1n) is 7.82. The summed E-state index contributed by atoms with van der Waals surface area (Å²) in [6.45, 7) is 3.97. The van der Waals surface area contributed by atoms with Gasteiger partial charge in [-0.1, -0.05) is 5.16 Å². The molecule has 0 spiro atoms. The minimum absolute atomic E-state index is 0.138. The third-order valence-electron chi connectivity index (χ3n) is 4.75. The molecule has 1 aliphatic carbocycles. The number of hydrogen-bond acceptors (Lipinski definition) is 5. The van der Waals surface area contributed by atoms with Crippen molar-refractivity contribution in [1.82, 2.24) is 14.4 Å². The Morgan fingerprint density at radius 2 is 1.95 bits per heavy atom. The summed E-state index contributed by atoms with van der Waals surface area (Å²) in [5.74, 6) is 0.881. The predicted octanol–water partition coefficient (Wildman–Crippen LogP) is 1.12. The average Bonchev–Trinajstić information content (AvgIpc) is 3.10. The highest BCUT2D eigenvalue weighted by Crippen LogP contribution is 2.34. The lowest BCUT2D eigenvalue weighted by Gasteiger charge is -2.26. The lowest BCUT2D eigenvalue weighted by atomic mass is 10.1. The number of hydrogen-bond donors (Lipinski definition) is 0. The smallest absolute Gasteiger partial charge is 0.217 e. The topological polar surface area (TPSA) is 66.7 Å². The Morgan fingerprint density at radius 1 is 1.19 bits per heavy atom. The fourth-order valence-corrected chi connectivity index (χ4v) is 5.12. The van der Waals surface area contributed by atoms with Gasteiger partial charge in [0.2, 0.25) is 10.0 Å². The Bertz CT molecular complexity index is 630. The van der Waals surface area contributed by atoms with Crippen LogP contribution in [0, 0.1) is 0 Å². The van der Waals surface area contributed by atoms with Crippen LogP contribution in [0.25, 0.3) is 0 Å². The van der Waals surface area contributed by atoms with E-state index < -0.39 is 10.0 Å². The molecule has 2 fully saturated rings. The Labute approximate surface area is 125 Å². The van der Waals surface area contributed by atoms with Gasteiger partial charge in [0.1, 0.15) is 11.5 Å². The molecule has 3 aliphatic rings. The van der Waals surface area contributed by atoms with Crippen molar-refractivity contribution >= 4 is 10.0 Å². The van der Waals surface area contributed by atoms with Gasteiger partial charge >= 0.3 is 0 Å². The maximum atomic E-state index is 12.4. The number of rotatable bonds is 4.